The van der Waals surface area contributed by atoms with E-state index in [4.69, 9.17) is 5.11 Å². The van der Waals surface area contributed by atoms with Crippen LogP contribution in [0.5, 0.6) is 0 Å². The van der Waals surface area contributed by atoms with E-state index < -0.39 is 5.97 Å². The number of carbonyl (C=O) groups is 1. The monoisotopic (exact) mass is 239 g/mol. The van der Waals surface area contributed by atoms with E-state index in [-0.39, 0.29) is 5.69 Å². The minimum Gasteiger partial charge on any atom is -0.476 e. The van der Waals surface area contributed by atoms with Gasteiger partial charge in [-0.15, -0.1) is 11.3 Å². The zero-order valence-electron chi connectivity index (χ0n) is 8.17. The van der Waals surface area contributed by atoms with Crippen molar-refractivity contribution >= 4 is 22.4 Å². The van der Waals surface area contributed by atoms with Gasteiger partial charge < -0.3 is 10.4 Å². The minimum absolute atomic E-state index is 0.0622. The lowest BCUT2D eigenvalue weighted by Gasteiger charge is -1.98. The van der Waals surface area contributed by atoms with E-state index in [2.05, 4.69) is 25.5 Å². The summed E-state index contributed by atoms with van der Waals surface area (Å²) < 4.78 is 0. The summed E-state index contributed by atoms with van der Waals surface area (Å²) in [5.74, 6) is -0.234. The number of carboxylic acid groups (broad SMARTS) is 1. The number of nitrogens with one attached hydrogen (secondary N) is 2. The van der Waals surface area contributed by atoms with Gasteiger partial charge in [-0.25, -0.2) is 14.8 Å². The molecule has 0 fully saturated rings. The molecule has 0 saturated heterocycles. The SMILES string of the molecule is O=C(O)c1csc(NCCc2ncn[nH]2)n1. The van der Waals surface area contributed by atoms with Crippen molar-refractivity contribution in [2.24, 2.45) is 0 Å². The number of aromatic carboxylic acids is 1. The normalized spacial score (nSPS) is 10.2. The fourth-order valence-corrected chi connectivity index (χ4v) is 1.81. The molecule has 0 saturated carbocycles. The molecular weight excluding hydrogens is 230 g/mol. The van der Waals surface area contributed by atoms with Gasteiger partial charge in [-0.2, -0.15) is 5.10 Å². The Labute approximate surface area is 94.6 Å². The zero-order valence-corrected chi connectivity index (χ0v) is 8.99. The molecule has 7 nitrogen and oxygen atoms in total. The number of H-pyrrole nitrogens is 1. The lowest BCUT2D eigenvalue weighted by Crippen LogP contribution is -2.06. The third-order valence-electron chi connectivity index (χ3n) is 1.83. The molecule has 0 aliphatic heterocycles. The lowest BCUT2D eigenvalue weighted by atomic mass is 10.4. The zero-order chi connectivity index (χ0) is 11.4. The summed E-state index contributed by atoms with van der Waals surface area (Å²) in [6, 6.07) is 0. The van der Waals surface area contributed by atoms with Crippen LogP contribution in [-0.4, -0.2) is 37.8 Å². The standard InChI is InChI=1S/C8H9N5O2S/c14-7(15)5-3-16-8(12-5)9-2-1-6-10-4-11-13-6/h3-4H,1-2H2,(H,9,12)(H,14,15)(H,10,11,13). The highest BCUT2D eigenvalue weighted by atomic mass is 32.1. The smallest absolute Gasteiger partial charge is 0.355 e. The molecule has 3 N–H and O–H groups in total. The molecule has 8 heteroatoms. The maximum Gasteiger partial charge on any atom is 0.355 e. The van der Waals surface area contributed by atoms with E-state index in [1.165, 1.54) is 23.0 Å². The summed E-state index contributed by atoms with van der Waals surface area (Å²) in [4.78, 5) is 18.4. The van der Waals surface area contributed by atoms with Gasteiger partial charge in [0.1, 0.15) is 12.2 Å². The molecule has 16 heavy (non-hydrogen) atoms. The number of thiazole rings is 1. The number of hydrogen-bond donors (Lipinski definition) is 3. The summed E-state index contributed by atoms with van der Waals surface area (Å²) in [6.45, 7) is 0.627. The summed E-state index contributed by atoms with van der Waals surface area (Å²) in [7, 11) is 0. The molecule has 0 aliphatic rings. The molecular formula is C8H9N5O2S. The van der Waals surface area contributed by atoms with Gasteiger partial charge in [-0.1, -0.05) is 0 Å². The van der Waals surface area contributed by atoms with E-state index in [1.807, 2.05) is 0 Å². The van der Waals surface area contributed by atoms with Crippen molar-refractivity contribution in [3.05, 3.63) is 23.2 Å². The maximum absolute atomic E-state index is 10.6. The van der Waals surface area contributed by atoms with Crippen molar-refractivity contribution in [2.75, 3.05) is 11.9 Å². The van der Waals surface area contributed by atoms with Gasteiger partial charge in [0.05, 0.1) is 0 Å². The maximum atomic E-state index is 10.6. The summed E-state index contributed by atoms with van der Waals surface area (Å²) in [6.07, 6.45) is 2.13. The second kappa shape index (κ2) is 4.71. The van der Waals surface area contributed by atoms with Gasteiger partial charge in [-0.3, -0.25) is 5.10 Å². The van der Waals surface area contributed by atoms with Gasteiger partial charge in [-0.05, 0) is 0 Å². The first-order valence-electron chi connectivity index (χ1n) is 4.52. The number of nitrogens with zero attached hydrogens (tertiary/aromatic N) is 3. The lowest BCUT2D eigenvalue weighted by molar-refractivity contribution is 0.0691. The fraction of sp³-hybridized carbons (Fsp3) is 0.250. The molecule has 0 spiro atoms. The Balaban J connectivity index is 1.83. The Kier molecular flexibility index (Phi) is 3.10. The van der Waals surface area contributed by atoms with Crippen LogP contribution in [0, 0.1) is 0 Å². The van der Waals surface area contributed by atoms with E-state index in [1.54, 1.807) is 0 Å². The topological polar surface area (TPSA) is 104 Å². The first-order valence-corrected chi connectivity index (χ1v) is 5.40. The van der Waals surface area contributed by atoms with Crippen LogP contribution in [-0.2, 0) is 6.42 Å². The van der Waals surface area contributed by atoms with Gasteiger partial charge in [0.25, 0.3) is 0 Å². The minimum atomic E-state index is -1.01. The highest BCUT2D eigenvalue weighted by Gasteiger charge is 2.07. The van der Waals surface area contributed by atoms with Crippen LogP contribution in [0.3, 0.4) is 0 Å². The van der Waals surface area contributed by atoms with Crippen LogP contribution in [0.4, 0.5) is 5.13 Å². The molecule has 2 heterocycles. The number of aromatic amines is 1. The van der Waals surface area contributed by atoms with Crippen LogP contribution in [0.2, 0.25) is 0 Å². The van der Waals surface area contributed by atoms with Crippen LogP contribution < -0.4 is 5.32 Å². The van der Waals surface area contributed by atoms with Crippen LogP contribution in [0.1, 0.15) is 16.3 Å². The fourth-order valence-electron chi connectivity index (χ4n) is 1.09. The number of rotatable bonds is 5. The first kappa shape index (κ1) is 10.6. The van der Waals surface area contributed by atoms with Crippen LogP contribution in [0.25, 0.3) is 0 Å². The van der Waals surface area contributed by atoms with Crippen LogP contribution >= 0.6 is 11.3 Å². The molecule has 0 bridgehead atoms. The van der Waals surface area contributed by atoms with E-state index in [9.17, 15) is 4.79 Å². The molecule has 0 atom stereocenters. The predicted molar refractivity (Wildman–Crippen MR) is 57.6 cm³/mol. The Morgan fingerprint density at radius 1 is 1.62 bits per heavy atom. The van der Waals surface area contributed by atoms with Crippen molar-refractivity contribution in [1.82, 2.24) is 20.2 Å². The van der Waals surface area contributed by atoms with Crippen molar-refractivity contribution < 1.29 is 9.90 Å². The van der Waals surface area contributed by atoms with Gasteiger partial charge in [0.2, 0.25) is 0 Å². The summed E-state index contributed by atoms with van der Waals surface area (Å²) in [5.41, 5.74) is 0.0622. The van der Waals surface area contributed by atoms with Crippen LogP contribution in [0.15, 0.2) is 11.7 Å². The Hall–Kier alpha value is -1.96. The molecule has 0 unspecified atom stereocenters. The average molecular weight is 239 g/mol. The highest BCUT2D eigenvalue weighted by Crippen LogP contribution is 2.14. The molecule has 0 aliphatic carbocycles. The van der Waals surface area contributed by atoms with Crippen molar-refractivity contribution in [3.8, 4) is 0 Å². The van der Waals surface area contributed by atoms with E-state index in [0.29, 0.717) is 18.1 Å². The largest absolute Gasteiger partial charge is 0.476 e. The Morgan fingerprint density at radius 2 is 2.50 bits per heavy atom. The Morgan fingerprint density at radius 3 is 3.12 bits per heavy atom. The molecule has 0 radical (unpaired) electrons. The highest BCUT2D eigenvalue weighted by molar-refractivity contribution is 7.13. The molecule has 84 valence electrons. The van der Waals surface area contributed by atoms with Gasteiger partial charge in [0.15, 0.2) is 10.8 Å². The molecule has 0 amide bonds. The van der Waals surface area contributed by atoms with E-state index >= 15 is 0 Å². The molecule has 2 aromatic heterocycles. The van der Waals surface area contributed by atoms with Crippen molar-refractivity contribution in [2.45, 2.75) is 6.42 Å². The average Bonchev–Trinajstić information content (AvgIpc) is 2.87. The third-order valence-corrected chi connectivity index (χ3v) is 2.63. The van der Waals surface area contributed by atoms with Crippen molar-refractivity contribution in [3.63, 3.8) is 0 Å². The van der Waals surface area contributed by atoms with Crippen molar-refractivity contribution in [1.29, 1.82) is 0 Å². The number of hydrogen-bond acceptors (Lipinski definition) is 6. The molecule has 0 aromatic carbocycles. The molecule has 2 rings (SSSR count). The predicted octanol–water partition coefficient (Wildman–Crippen LogP) is 0.614. The first-order chi connectivity index (χ1) is 7.75. The summed E-state index contributed by atoms with van der Waals surface area (Å²) in [5, 5.41) is 20.2. The van der Waals surface area contributed by atoms with E-state index in [0.717, 1.165) is 5.82 Å². The number of aromatic nitrogens is 4. The second-order valence-electron chi connectivity index (χ2n) is 2.95. The molecule has 2 aromatic rings. The third kappa shape index (κ3) is 2.54. The van der Waals surface area contributed by atoms with Gasteiger partial charge in [0, 0.05) is 18.3 Å². The Bertz CT molecular complexity index is 466. The number of anilines is 1. The summed E-state index contributed by atoms with van der Waals surface area (Å²) >= 11 is 1.27. The second-order valence-corrected chi connectivity index (χ2v) is 3.81. The quantitative estimate of drug-likeness (QED) is 0.706. The van der Waals surface area contributed by atoms with Gasteiger partial charge >= 0.3 is 5.97 Å². The number of carboxylic acids is 1.